The molecule has 3 heterocycles. The lowest BCUT2D eigenvalue weighted by molar-refractivity contribution is -0.124. The van der Waals surface area contributed by atoms with Crippen molar-refractivity contribution >= 4 is 41.4 Å². The second-order valence-corrected chi connectivity index (χ2v) is 9.44. The van der Waals surface area contributed by atoms with E-state index in [9.17, 15) is 14.4 Å². The molecule has 0 unspecified atom stereocenters. The Kier molecular flexibility index (Phi) is 6.91. The Morgan fingerprint density at radius 1 is 0.667 bits per heavy atom. The molecule has 0 atom stereocenters. The zero-order valence-electron chi connectivity index (χ0n) is 18.3. The summed E-state index contributed by atoms with van der Waals surface area (Å²) >= 11 is 2.29. The van der Waals surface area contributed by atoms with Crippen molar-refractivity contribution in [3.8, 4) is 22.9 Å². The zero-order chi connectivity index (χ0) is 24.9. The summed E-state index contributed by atoms with van der Waals surface area (Å²) in [5.74, 6) is 0.0639. The molecule has 36 heavy (non-hydrogen) atoms. The summed E-state index contributed by atoms with van der Waals surface area (Å²) in [5.41, 5.74) is 1.34. The third-order valence-electron chi connectivity index (χ3n) is 4.74. The van der Waals surface area contributed by atoms with Crippen molar-refractivity contribution in [3.63, 3.8) is 0 Å². The van der Waals surface area contributed by atoms with Crippen molar-refractivity contribution < 1.29 is 23.2 Å². The molecule has 0 spiro atoms. The van der Waals surface area contributed by atoms with Crippen LogP contribution < -0.4 is 10.6 Å². The average Bonchev–Trinajstić information content (AvgIpc) is 3.56. The predicted octanol–water partition coefficient (Wildman–Crippen LogP) is 3.53. The van der Waals surface area contributed by atoms with Crippen LogP contribution in [0.25, 0.3) is 22.9 Å². The van der Waals surface area contributed by atoms with E-state index in [2.05, 4.69) is 31.0 Å². The summed E-state index contributed by atoms with van der Waals surface area (Å²) in [7, 11) is 0. The average molecular weight is 521 g/mol. The van der Waals surface area contributed by atoms with E-state index in [1.54, 1.807) is 0 Å². The number of benzene rings is 2. The maximum Gasteiger partial charge on any atom is 0.328 e. The SMILES string of the molecule is O=C1NC(=O)C(=C(SCc2nnc(-c3ccccc3)o2)SCc2nnc(-c3ccccc3)o2)C(=O)N1. The van der Waals surface area contributed by atoms with Gasteiger partial charge in [-0.3, -0.25) is 20.2 Å². The summed E-state index contributed by atoms with van der Waals surface area (Å²) in [5, 5.41) is 20.4. The summed E-state index contributed by atoms with van der Waals surface area (Å²) in [6.07, 6.45) is 0. The second-order valence-electron chi connectivity index (χ2n) is 7.21. The Hall–Kier alpha value is -4.23. The molecule has 2 N–H and O–H groups in total. The number of hydrogen-bond acceptors (Lipinski definition) is 11. The number of urea groups is 1. The number of hydrogen-bond donors (Lipinski definition) is 2. The lowest BCUT2D eigenvalue weighted by Crippen LogP contribution is -2.51. The first kappa shape index (κ1) is 23.5. The van der Waals surface area contributed by atoms with Crippen LogP contribution in [0.4, 0.5) is 4.79 Å². The molecule has 2 aromatic carbocycles. The minimum Gasteiger partial charge on any atom is -0.420 e. The van der Waals surface area contributed by atoms with Crippen LogP contribution in [0, 0.1) is 0 Å². The molecule has 0 bridgehead atoms. The van der Waals surface area contributed by atoms with Gasteiger partial charge in [-0.15, -0.1) is 43.9 Å². The Morgan fingerprint density at radius 2 is 1.11 bits per heavy atom. The smallest absolute Gasteiger partial charge is 0.328 e. The number of thioether (sulfide) groups is 2. The topological polar surface area (TPSA) is 153 Å². The van der Waals surface area contributed by atoms with Crippen molar-refractivity contribution in [2.24, 2.45) is 0 Å². The van der Waals surface area contributed by atoms with Crippen molar-refractivity contribution in [1.82, 2.24) is 31.0 Å². The van der Waals surface area contributed by atoms with Crippen LogP contribution in [0.5, 0.6) is 0 Å². The molecule has 0 radical (unpaired) electrons. The van der Waals surface area contributed by atoms with E-state index in [-0.39, 0.29) is 17.1 Å². The maximum atomic E-state index is 12.5. The summed E-state index contributed by atoms with van der Waals surface area (Å²) in [6.45, 7) is 0. The molecule has 0 aliphatic carbocycles. The van der Waals surface area contributed by atoms with E-state index < -0.39 is 17.8 Å². The lowest BCUT2D eigenvalue weighted by Gasteiger charge is -2.17. The number of rotatable bonds is 8. The van der Waals surface area contributed by atoms with Crippen LogP contribution in [0.2, 0.25) is 0 Å². The van der Waals surface area contributed by atoms with Gasteiger partial charge in [0, 0.05) is 11.1 Å². The maximum absolute atomic E-state index is 12.5. The van der Waals surface area contributed by atoms with Gasteiger partial charge in [0.2, 0.25) is 23.6 Å². The van der Waals surface area contributed by atoms with Crippen LogP contribution in [0.3, 0.4) is 0 Å². The number of barbiturate groups is 1. The molecular weight excluding hydrogens is 504 g/mol. The van der Waals surface area contributed by atoms with Gasteiger partial charge in [-0.2, -0.15) is 0 Å². The molecule has 11 nitrogen and oxygen atoms in total. The van der Waals surface area contributed by atoms with Crippen molar-refractivity contribution in [2.45, 2.75) is 11.5 Å². The molecule has 2 aromatic heterocycles. The Morgan fingerprint density at radius 3 is 1.56 bits per heavy atom. The number of aromatic nitrogens is 4. The largest absolute Gasteiger partial charge is 0.420 e. The zero-order valence-corrected chi connectivity index (χ0v) is 20.0. The molecule has 5 rings (SSSR count). The highest BCUT2D eigenvalue weighted by molar-refractivity contribution is 8.21. The number of carbonyl (C=O) groups excluding carboxylic acids is 3. The minimum absolute atomic E-state index is 0.180. The number of amides is 4. The summed E-state index contributed by atoms with van der Waals surface area (Å²) in [4.78, 5) is 36.5. The lowest BCUT2D eigenvalue weighted by atomic mass is 10.2. The van der Waals surface area contributed by atoms with Gasteiger partial charge >= 0.3 is 6.03 Å². The number of carbonyl (C=O) groups is 3. The third kappa shape index (κ3) is 5.37. The van der Waals surface area contributed by atoms with Gasteiger partial charge in [-0.25, -0.2) is 4.79 Å². The van der Waals surface area contributed by atoms with E-state index in [0.717, 1.165) is 34.7 Å². The van der Waals surface area contributed by atoms with Crippen LogP contribution in [0.15, 0.2) is 79.3 Å². The van der Waals surface area contributed by atoms with Gasteiger partial charge in [0.05, 0.1) is 15.7 Å². The van der Waals surface area contributed by atoms with E-state index in [1.807, 2.05) is 60.7 Å². The van der Waals surface area contributed by atoms with E-state index >= 15 is 0 Å². The first-order chi connectivity index (χ1) is 17.6. The fourth-order valence-corrected chi connectivity index (χ4v) is 5.20. The third-order valence-corrected chi connectivity index (χ3v) is 7.16. The molecule has 13 heteroatoms. The standard InChI is InChI=1S/C23H16N6O5S2/c30-18-17(19(31)25-23(32)24-18)22(35-11-15-26-28-20(33-15)13-7-3-1-4-8-13)36-12-16-27-29-21(34-16)14-9-5-2-6-10-14/h1-10H,11-12H2,(H2,24,25,30,31,32). The van der Waals surface area contributed by atoms with Gasteiger partial charge in [0.15, 0.2) is 0 Å². The van der Waals surface area contributed by atoms with Gasteiger partial charge < -0.3 is 8.83 Å². The predicted molar refractivity (Wildman–Crippen MR) is 131 cm³/mol. The quantitative estimate of drug-likeness (QED) is 0.259. The molecular formula is C23H16N6O5S2. The first-order valence-corrected chi connectivity index (χ1v) is 12.5. The van der Waals surface area contributed by atoms with Gasteiger partial charge in [0.25, 0.3) is 11.8 Å². The summed E-state index contributed by atoms with van der Waals surface area (Å²) < 4.78 is 11.8. The first-order valence-electron chi connectivity index (χ1n) is 10.5. The van der Waals surface area contributed by atoms with Crippen LogP contribution in [-0.4, -0.2) is 38.2 Å². The molecule has 1 aliphatic rings. The van der Waals surface area contributed by atoms with E-state index in [0.29, 0.717) is 27.8 Å². The molecule has 1 saturated heterocycles. The molecule has 1 fully saturated rings. The number of imide groups is 2. The Balaban J connectivity index is 1.34. The molecule has 4 amide bonds. The fraction of sp³-hybridized carbons (Fsp3) is 0.0870. The van der Waals surface area contributed by atoms with Gasteiger partial charge in [-0.1, -0.05) is 36.4 Å². The Bertz CT molecular complexity index is 1350. The molecule has 1 aliphatic heterocycles. The van der Waals surface area contributed by atoms with Crippen LogP contribution >= 0.6 is 23.5 Å². The minimum atomic E-state index is -0.878. The monoisotopic (exact) mass is 520 g/mol. The molecule has 180 valence electrons. The van der Waals surface area contributed by atoms with E-state index in [4.69, 9.17) is 8.83 Å². The summed E-state index contributed by atoms with van der Waals surface area (Å²) in [6, 6.07) is 17.7. The van der Waals surface area contributed by atoms with Crippen LogP contribution in [-0.2, 0) is 21.1 Å². The van der Waals surface area contributed by atoms with Gasteiger partial charge in [0.1, 0.15) is 5.57 Å². The van der Waals surface area contributed by atoms with Crippen molar-refractivity contribution in [1.29, 1.82) is 0 Å². The van der Waals surface area contributed by atoms with Crippen molar-refractivity contribution in [3.05, 3.63) is 82.3 Å². The highest BCUT2D eigenvalue weighted by Crippen LogP contribution is 2.37. The second kappa shape index (κ2) is 10.6. The number of nitrogens with zero attached hydrogens (tertiary/aromatic N) is 4. The normalized spacial score (nSPS) is 13.4. The number of nitrogens with one attached hydrogen (secondary N) is 2. The fourth-order valence-electron chi connectivity index (χ4n) is 3.11. The van der Waals surface area contributed by atoms with Crippen LogP contribution in [0.1, 0.15) is 11.8 Å². The van der Waals surface area contributed by atoms with Gasteiger partial charge in [-0.05, 0) is 24.3 Å². The van der Waals surface area contributed by atoms with E-state index in [1.165, 1.54) is 0 Å². The Labute approximate surface area is 212 Å². The highest BCUT2D eigenvalue weighted by Gasteiger charge is 2.32. The molecule has 0 saturated carbocycles. The van der Waals surface area contributed by atoms with Crippen molar-refractivity contribution in [2.75, 3.05) is 0 Å². The highest BCUT2D eigenvalue weighted by atomic mass is 32.2. The molecule has 4 aromatic rings.